The van der Waals surface area contributed by atoms with Gasteiger partial charge in [0.05, 0.1) is 29.6 Å². The third-order valence-corrected chi connectivity index (χ3v) is 4.31. The van der Waals surface area contributed by atoms with Gasteiger partial charge in [0.25, 0.3) is 5.91 Å². The van der Waals surface area contributed by atoms with Crippen LogP contribution in [0.2, 0.25) is 0 Å². The van der Waals surface area contributed by atoms with E-state index in [2.05, 4.69) is 27.4 Å². The van der Waals surface area contributed by atoms with E-state index in [1.54, 1.807) is 6.21 Å². The third kappa shape index (κ3) is 5.10. The monoisotopic (exact) mass is 368 g/mol. The number of H-pyrrole nitrogens is 1. The summed E-state index contributed by atoms with van der Waals surface area (Å²) in [4.78, 5) is 19.5. The Hall–Kier alpha value is -2.80. The Morgan fingerprint density at radius 3 is 3.04 bits per heavy atom. The average Bonchev–Trinajstić information content (AvgIpc) is 3.08. The summed E-state index contributed by atoms with van der Waals surface area (Å²) in [7, 11) is 0. The van der Waals surface area contributed by atoms with Crippen molar-refractivity contribution in [3.63, 3.8) is 0 Å². The van der Waals surface area contributed by atoms with Gasteiger partial charge in [0, 0.05) is 0 Å². The smallest absolute Gasteiger partial charge is 0.250 e. The summed E-state index contributed by atoms with van der Waals surface area (Å²) >= 11 is 1.34. The minimum atomic E-state index is -0.190. The maximum atomic E-state index is 11.9. The lowest BCUT2D eigenvalue weighted by molar-refractivity contribution is -0.118. The van der Waals surface area contributed by atoms with Crippen LogP contribution in [-0.2, 0) is 4.79 Å². The van der Waals surface area contributed by atoms with Crippen LogP contribution in [0.15, 0.2) is 58.8 Å². The van der Waals surface area contributed by atoms with Crippen molar-refractivity contribution in [1.82, 2.24) is 15.4 Å². The highest BCUT2D eigenvalue weighted by atomic mass is 32.2. The molecule has 0 radical (unpaired) electrons. The number of thioether (sulfide) groups is 1. The number of aromatic amines is 1. The Morgan fingerprint density at radius 2 is 2.19 bits per heavy atom. The van der Waals surface area contributed by atoms with E-state index in [0.717, 1.165) is 28.8 Å². The van der Waals surface area contributed by atoms with E-state index in [-0.39, 0.29) is 11.7 Å². The minimum absolute atomic E-state index is 0.190. The lowest BCUT2D eigenvalue weighted by Gasteiger charge is -2.04. The molecule has 2 N–H and O–H groups in total. The van der Waals surface area contributed by atoms with Crippen molar-refractivity contribution in [1.29, 1.82) is 0 Å². The first-order valence-electron chi connectivity index (χ1n) is 8.37. The van der Waals surface area contributed by atoms with E-state index < -0.39 is 0 Å². The van der Waals surface area contributed by atoms with Crippen LogP contribution in [-0.4, -0.2) is 34.4 Å². The molecule has 134 valence electrons. The molecule has 2 aromatic carbocycles. The summed E-state index contributed by atoms with van der Waals surface area (Å²) in [6.45, 7) is 2.74. The zero-order valence-electron chi connectivity index (χ0n) is 14.4. The highest BCUT2D eigenvalue weighted by molar-refractivity contribution is 7.99. The van der Waals surface area contributed by atoms with Crippen molar-refractivity contribution in [3.8, 4) is 5.75 Å². The largest absolute Gasteiger partial charge is 0.494 e. The zero-order chi connectivity index (χ0) is 18.2. The molecule has 0 saturated heterocycles. The van der Waals surface area contributed by atoms with E-state index in [4.69, 9.17) is 4.74 Å². The van der Waals surface area contributed by atoms with Crippen molar-refractivity contribution >= 4 is 34.9 Å². The van der Waals surface area contributed by atoms with Crippen LogP contribution in [0.4, 0.5) is 0 Å². The fourth-order valence-electron chi connectivity index (χ4n) is 2.25. The van der Waals surface area contributed by atoms with Crippen LogP contribution >= 0.6 is 11.8 Å². The maximum absolute atomic E-state index is 11.9. The number of fused-ring (bicyclic) bond motifs is 1. The van der Waals surface area contributed by atoms with Crippen molar-refractivity contribution in [2.75, 3.05) is 12.4 Å². The van der Waals surface area contributed by atoms with Crippen LogP contribution in [0.3, 0.4) is 0 Å². The highest BCUT2D eigenvalue weighted by Crippen LogP contribution is 2.18. The summed E-state index contributed by atoms with van der Waals surface area (Å²) < 4.78 is 5.57. The molecule has 0 bridgehead atoms. The molecule has 0 aliphatic carbocycles. The molecule has 1 heterocycles. The number of carbonyl (C=O) groups is 1. The van der Waals surface area contributed by atoms with E-state index in [1.807, 2.05) is 48.5 Å². The Labute approximate surface area is 156 Å². The number of nitrogens with zero attached hydrogens (tertiary/aromatic N) is 2. The Morgan fingerprint density at radius 1 is 1.31 bits per heavy atom. The van der Waals surface area contributed by atoms with Gasteiger partial charge in [-0.25, -0.2) is 10.4 Å². The van der Waals surface area contributed by atoms with Crippen LogP contribution < -0.4 is 10.2 Å². The van der Waals surface area contributed by atoms with Gasteiger partial charge < -0.3 is 9.72 Å². The van der Waals surface area contributed by atoms with Gasteiger partial charge in [-0.2, -0.15) is 5.10 Å². The lowest BCUT2D eigenvalue weighted by atomic mass is 10.2. The SMILES string of the molecule is CCCOc1cccc(/C=N\NC(=O)CSc2nc3ccccc3[nH]2)c1. The number of nitrogens with one attached hydrogen (secondary N) is 2. The molecule has 0 aliphatic rings. The number of amides is 1. The maximum Gasteiger partial charge on any atom is 0.250 e. The first-order valence-corrected chi connectivity index (χ1v) is 9.35. The van der Waals surface area contributed by atoms with Gasteiger partial charge in [-0.05, 0) is 36.2 Å². The van der Waals surface area contributed by atoms with E-state index in [1.165, 1.54) is 11.8 Å². The van der Waals surface area contributed by atoms with E-state index >= 15 is 0 Å². The normalized spacial score (nSPS) is 11.1. The van der Waals surface area contributed by atoms with Crippen LogP contribution in [0.1, 0.15) is 18.9 Å². The molecule has 1 aromatic heterocycles. The summed E-state index contributed by atoms with van der Waals surface area (Å²) in [5.41, 5.74) is 5.23. The Bertz CT molecular complexity index is 874. The number of hydrogen-bond donors (Lipinski definition) is 2. The van der Waals surface area contributed by atoms with Gasteiger partial charge in [0.15, 0.2) is 5.16 Å². The topological polar surface area (TPSA) is 79.4 Å². The quantitative estimate of drug-likeness (QED) is 0.362. The fraction of sp³-hybridized carbons (Fsp3) is 0.211. The number of hydrazone groups is 1. The summed E-state index contributed by atoms with van der Waals surface area (Å²) in [5.74, 6) is 0.837. The second kappa shape index (κ2) is 9.05. The summed E-state index contributed by atoms with van der Waals surface area (Å²) in [6, 6.07) is 15.3. The Kier molecular flexibility index (Phi) is 6.27. The molecule has 0 unspecified atom stereocenters. The predicted octanol–water partition coefficient (Wildman–Crippen LogP) is 3.59. The zero-order valence-corrected chi connectivity index (χ0v) is 15.3. The van der Waals surface area contributed by atoms with Crippen molar-refractivity contribution in [2.24, 2.45) is 5.10 Å². The molecule has 7 heteroatoms. The third-order valence-electron chi connectivity index (χ3n) is 3.44. The number of para-hydroxylation sites is 2. The van der Waals surface area contributed by atoms with Gasteiger partial charge in [-0.1, -0.05) is 43.0 Å². The van der Waals surface area contributed by atoms with E-state index in [9.17, 15) is 4.79 Å². The molecule has 0 aliphatic heterocycles. The standard InChI is InChI=1S/C19H20N4O2S/c1-2-10-25-15-7-5-6-14(11-15)12-20-23-18(24)13-26-19-21-16-8-3-4-9-17(16)22-19/h3-9,11-12H,2,10,13H2,1H3,(H,21,22)(H,23,24)/b20-12-. The molecule has 6 nitrogen and oxygen atoms in total. The molecule has 26 heavy (non-hydrogen) atoms. The number of aromatic nitrogens is 2. The number of benzene rings is 2. The molecule has 1 amide bonds. The summed E-state index contributed by atoms with van der Waals surface area (Å²) in [5, 5.41) is 4.71. The van der Waals surface area contributed by atoms with Crippen molar-refractivity contribution in [3.05, 3.63) is 54.1 Å². The molecule has 0 saturated carbocycles. The van der Waals surface area contributed by atoms with Crippen molar-refractivity contribution in [2.45, 2.75) is 18.5 Å². The minimum Gasteiger partial charge on any atom is -0.494 e. The predicted molar refractivity (Wildman–Crippen MR) is 105 cm³/mol. The van der Waals surface area contributed by atoms with Gasteiger partial charge in [0.2, 0.25) is 0 Å². The first kappa shape index (κ1) is 18.0. The number of imidazole rings is 1. The molecular weight excluding hydrogens is 348 g/mol. The van der Waals surface area contributed by atoms with Gasteiger partial charge in [-0.3, -0.25) is 4.79 Å². The summed E-state index contributed by atoms with van der Waals surface area (Å²) in [6.07, 6.45) is 2.56. The van der Waals surface area contributed by atoms with Gasteiger partial charge in [0.1, 0.15) is 5.75 Å². The molecule has 0 atom stereocenters. The average molecular weight is 368 g/mol. The van der Waals surface area contributed by atoms with Crippen LogP contribution in [0.25, 0.3) is 11.0 Å². The molecule has 3 rings (SSSR count). The van der Waals surface area contributed by atoms with Gasteiger partial charge in [-0.15, -0.1) is 0 Å². The van der Waals surface area contributed by atoms with Crippen LogP contribution in [0, 0.1) is 0 Å². The Balaban J connectivity index is 1.48. The first-order chi connectivity index (χ1) is 12.7. The van der Waals surface area contributed by atoms with Crippen LogP contribution in [0.5, 0.6) is 5.75 Å². The highest BCUT2D eigenvalue weighted by Gasteiger charge is 2.06. The molecule has 0 spiro atoms. The van der Waals surface area contributed by atoms with E-state index in [0.29, 0.717) is 11.8 Å². The number of rotatable bonds is 8. The second-order valence-corrected chi connectivity index (χ2v) is 6.53. The second-order valence-electron chi connectivity index (χ2n) is 5.56. The number of hydrogen-bond acceptors (Lipinski definition) is 5. The molecular formula is C19H20N4O2S. The number of ether oxygens (including phenoxy) is 1. The number of carbonyl (C=O) groups excluding carboxylic acids is 1. The van der Waals surface area contributed by atoms with Crippen molar-refractivity contribution < 1.29 is 9.53 Å². The fourth-order valence-corrected chi connectivity index (χ4v) is 2.92. The lowest BCUT2D eigenvalue weighted by Crippen LogP contribution is -2.19. The molecule has 0 fully saturated rings. The molecule has 3 aromatic rings. The van der Waals surface area contributed by atoms with Gasteiger partial charge >= 0.3 is 0 Å².